The van der Waals surface area contributed by atoms with Crippen molar-refractivity contribution in [2.75, 3.05) is 4.90 Å². The van der Waals surface area contributed by atoms with E-state index in [4.69, 9.17) is 23.8 Å². The molecule has 0 saturated carbocycles. The molecule has 0 spiro atoms. The van der Waals surface area contributed by atoms with Crippen molar-refractivity contribution in [1.82, 2.24) is 4.57 Å². The summed E-state index contributed by atoms with van der Waals surface area (Å²) < 4.78 is 41.5. The molecular formula is C23H16ClF3N2OS2. The van der Waals surface area contributed by atoms with Crippen molar-refractivity contribution in [3.8, 4) is 5.69 Å². The quantitative estimate of drug-likeness (QED) is 0.286. The first-order chi connectivity index (χ1) is 15.1. The van der Waals surface area contributed by atoms with E-state index in [0.717, 1.165) is 51.4 Å². The van der Waals surface area contributed by atoms with Crippen LogP contribution in [-0.2, 0) is 11.0 Å². The topological polar surface area (TPSA) is 25.2 Å². The number of halogens is 4. The number of aryl methyl sites for hydroxylation is 1. The van der Waals surface area contributed by atoms with Crippen molar-refractivity contribution in [1.29, 1.82) is 0 Å². The molecule has 9 heteroatoms. The molecule has 32 heavy (non-hydrogen) atoms. The fourth-order valence-electron chi connectivity index (χ4n) is 3.57. The minimum Gasteiger partial charge on any atom is -0.318 e. The average molecular weight is 493 g/mol. The Bertz CT molecular complexity index is 1260. The summed E-state index contributed by atoms with van der Waals surface area (Å²) in [7, 11) is 0. The SMILES string of the molecule is Cc1cc(/C=C2/SC(=S)N(c3cccc(C(F)(F)F)c3)C2=O)c(C)n1-c1ccc(Cl)cc1. The Hall–Kier alpha value is -2.55. The second-order valence-corrected chi connectivity index (χ2v) is 9.32. The molecule has 0 N–H and O–H groups in total. The summed E-state index contributed by atoms with van der Waals surface area (Å²) in [5.74, 6) is -0.448. The smallest absolute Gasteiger partial charge is 0.318 e. The molecule has 3 aromatic rings. The molecule has 3 nitrogen and oxygen atoms in total. The monoisotopic (exact) mass is 492 g/mol. The highest BCUT2D eigenvalue weighted by Gasteiger charge is 2.36. The van der Waals surface area contributed by atoms with Crippen LogP contribution in [0.4, 0.5) is 18.9 Å². The Labute approximate surface area is 197 Å². The summed E-state index contributed by atoms with van der Waals surface area (Å²) in [6.45, 7) is 3.88. The summed E-state index contributed by atoms with van der Waals surface area (Å²) in [6.07, 6.45) is -2.78. The Kier molecular flexibility index (Phi) is 5.96. The van der Waals surface area contributed by atoms with Crippen molar-refractivity contribution in [2.24, 2.45) is 0 Å². The van der Waals surface area contributed by atoms with Crippen LogP contribution in [0.5, 0.6) is 0 Å². The number of thioether (sulfide) groups is 1. The predicted molar refractivity (Wildman–Crippen MR) is 127 cm³/mol. The van der Waals surface area contributed by atoms with Crippen molar-refractivity contribution in [3.05, 3.63) is 87.0 Å². The van der Waals surface area contributed by atoms with Gasteiger partial charge in [0.25, 0.3) is 5.91 Å². The van der Waals surface area contributed by atoms with Gasteiger partial charge in [0, 0.05) is 22.1 Å². The molecule has 1 saturated heterocycles. The van der Waals surface area contributed by atoms with Gasteiger partial charge in [0.15, 0.2) is 4.32 Å². The van der Waals surface area contributed by atoms with Crippen molar-refractivity contribution >= 4 is 57.6 Å². The minimum atomic E-state index is -4.51. The minimum absolute atomic E-state index is 0.0948. The van der Waals surface area contributed by atoms with Gasteiger partial charge in [-0.05, 0) is 74.0 Å². The van der Waals surface area contributed by atoms with Crippen LogP contribution in [0.3, 0.4) is 0 Å². The molecule has 0 unspecified atom stereocenters. The lowest BCUT2D eigenvalue weighted by molar-refractivity contribution is -0.137. The first-order valence-electron chi connectivity index (χ1n) is 9.46. The highest BCUT2D eigenvalue weighted by molar-refractivity contribution is 8.27. The zero-order valence-corrected chi connectivity index (χ0v) is 19.3. The molecule has 4 rings (SSSR count). The van der Waals surface area contributed by atoms with E-state index in [9.17, 15) is 18.0 Å². The lowest BCUT2D eigenvalue weighted by atomic mass is 10.1. The van der Waals surface area contributed by atoms with Crippen molar-refractivity contribution < 1.29 is 18.0 Å². The molecule has 1 aromatic heterocycles. The fraction of sp³-hybridized carbons (Fsp3) is 0.130. The van der Waals surface area contributed by atoms with Crippen LogP contribution in [0.2, 0.25) is 5.02 Å². The average Bonchev–Trinajstić information content (AvgIpc) is 3.17. The molecule has 0 aliphatic carbocycles. The second-order valence-electron chi connectivity index (χ2n) is 7.20. The summed E-state index contributed by atoms with van der Waals surface area (Å²) in [5, 5.41) is 0.634. The van der Waals surface area contributed by atoms with Crippen LogP contribution in [0.1, 0.15) is 22.5 Å². The molecular weight excluding hydrogens is 477 g/mol. The largest absolute Gasteiger partial charge is 0.416 e. The first kappa shape index (κ1) is 22.6. The van der Waals surface area contributed by atoms with Gasteiger partial charge in [-0.25, -0.2) is 0 Å². The second kappa shape index (κ2) is 8.42. The maximum absolute atomic E-state index is 13.1. The number of alkyl halides is 3. The summed E-state index contributed by atoms with van der Waals surface area (Å²) in [5.41, 5.74) is 2.89. The molecule has 1 amide bonds. The first-order valence-corrected chi connectivity index (χ1v) is 11.1. The number of carbonyl (C=O) groups is 1. The van der Waals surface area contributed by atoms with E-state index < -0.39 is 17.6 Å². The molecule has 1 aliphatic heterocycles. The van der Waals surface area contributed by atoms with Gasteiger partial charge in [0.1, 0.15) is 0 Å². The lowest BCUT2D eigenvalue weighted by Crippen LogP contribution is -2.27. The van der Waals surface area contributed by atoms with Gasteiger partial charge in [-0.1, -0.05) is 41.6 Å². The van der Waals surface area contributed by atoms with Gasteiger partial charge in [-0.2, -0.15) is 13.2 Å². The zero-order chi connectivity index (χ0) is 23.2. The highest BCUT2D eigenvalue weighted by atomic mass is 35.5. The number of hydrogen-bond acceptors (Lipinski definition) is 3. The fourth-order valence-corrected chi connectivity index (χ4v) is 4.99. The van der Waals surface area contributed by atoms with Crippen molar-refractivity contribution in [3.63, 3.8) is 0 Å². The third-order valence-electron chi connectivity index (χ3n) is 5.07. The Morgan fingerprint density at radius 1 is 1.03 bits per heavy atom. The van der Waals surface area contributed by atoms with E-state index in [-0.39, 0.29) is 10.0 Å². The molecule has 0 atom stereocenters. The molecule has 164 valence electrons. The molecule has 2 aromatic carbocycles. The van der Waals surface area contributed by atoms with E-state index >= 15 is 0 Å². The predicted octanol–water partition coefficient (Wildman–Crippen LogP) is 7.17. The maximum Gasteiger partial charge on any atom is 0.416 e. The molecule has 0 bridgehead atoms. The van der Waals surface area contributed by atoms with E-state index in [1.807, 2.05) is 36.6 Å². The van der Waals surface area contributed by atoms with Crippen LogP contribution in [0.25, 0.3) is 11.8 Å². The van der Waals surface area contributed by atoms with E-state index in [1.54, 1.807) is 18.2 Å². The third kappa shape index (κ3) is 4.22. The van der Waals surface area contributed by atoms with Crippen LogP contribution in [0, 0.1) is 13.8 Å². The number of carbonyl (C=O) groups excluding carboxylic acids is 1. The molecule has 1 fully saturated rings. The maximum atomic E-state index is 13.1. The van der Waals surface area contributed by atoms with Crippen LogP contribution in [-0.4, -0.2) is 14.8 Å². The Morgan fingerprint density at radius 2 is 1.72 bits per heavy atom. The number of nitrogens with zero attached hydrogens (tertiary/aromatic N) is 2. The Morgan fingerprint density at radius 3 is 2.38 bits per heavy atom. The van der Waals surface area contributed by atoms with Gasteiger partial charge in [-0.15, -0.1) is 0 Å². The van der Waals surface area contributed by atoms with Gasteiger partial charge >= 0.3 is 6.18 Å². The normalized spacial score (nSPS) is 15.8. The van der Waals surface area contributed by atoms with Crippen molar-refractivity contribution in [2.45, 2.75) is 20.0 Å². The number of amides is 1. The number of aromatic nitrogens is 1. The molecule has 2 heterocycles. The number of hydrogen-bond donors (Lipinski definition) is 0. The van der Waals surface area contributed by atoms with E-state index in [0.29, 0.717) is 9.93 Å². The highest BCUT2D eigenvalue weighted by Crippen LogP contribution is 2.39. The summed E-state index contributed by atoms with van der Waals surface area (Å²) in [4.78, 5) is 14.5. The van der Waals surface area contributed by atoms with Gasteiger partial charge in [0.05, 0.1) is 16.2 Å². The van der Waals surface area contributed by atoms with Crippen LogP contribution in [0.15, 0.2) is 59.5 Å². The van der Waals surface area contributed by atoms with Crippen LogP contribution >= 0.6 is 35.6 Å². The number of anilines is 1. The molecule has 1 aliphatic rings. The summed E-state index contributed by atoms with van der Waals surface area (Å²) in [6, 6.07) is 13.9. The number of benzene rings is 2. The third-order valence-corrected chi connectivity index (χ3v) is 6.62. The lowest BCUT2D eigenvalue weighted by Gasteiger charge is -2.16. The Balaban J connectivity index is 1.69. The summed E-state index contributed by atoms with van der Waals surface area (Å²) >= 11 is 12.4. The number of thiocarbonyl (C=S) groups is 1. The standard InChI is InChI=1S/C23H16ClF3N2OS2/c1-13-10-15(14(2)28(13)18-8-6-17(24)7-9-18)11-20-21(30)29(22(31)32-20)19-5-3-4-16(12-19)23(25,26)27/h3-12H,1-2H3/b20-11+. The van der Waals surface area contributed by atoms with Gasteiger partial charge in [-0.3, -0.25) is 9.69 Å². The zero-order valence-electron chi connectivity index (χ0n) is 16.9. The molecule has 0 radical (unpaired) electrons. The van der Waals surface area contributed by atoms with Gasteiger partial charge < -0.3 is 4.57 Å². The number of rotatable bonds is 3. The van der Waals surface area contributed by atoms with Crippen LogP contribution < -0.4 is 4.90 Å². The van der Waals surface area contributed by atoms with E-state index in [1.165, 1.54) is 12.1 Å². The van der Waals surface area contributed by atoms with Gasteiger partial charge in [0.2, 0.25) is 0 Å². The van der Waals surface area contributed by atoms with E-state index in [2.05, 4.69) is 0 Å².